The predicted octanol–water partition coefficient (Wildman–Crippen LogP) is 2.38. The molecule has 2 aromatic rings. The zero-order valence-electron chi connectivity index (χ0n) is 11.1. The highest BCUT2D eigenvalue weighted by Gasteiger charge is 2.22. The molecule has 1 saturated heterocycles. The van der Waals surface area contributed by atoms with Crippen LogP contribution < -0.4 is 10.2 Å². The van der Waals surface area contributed by atoms with Gasteiger partial charge in [-0.05, 0) is 30.9 Å². The zero-order valence-corrected chi connectivity index (χ0v) is 11.9. The second-order valence-electron chi connectivity index (χ2n) is 4.96. The average molecular weight is 291 g/mol. The number of carbonyl (C=O) groups excluding carboxylic acids is 1. The van der Waals surface area contributed by atoms with Crippen LogP contribution in [0.25, 0.3) is 0 Å². The van der Waals surface area contributed by atoms with Gasteiger partial charge in [0, 0.05) is 31.2 Å². The molecule has 0 aromatic carbocycles. The molecular weight excluding hydrogens is 274 g/mol. The lowest BCUT2D eigenvalue weighted by Crippen LogP contribution is -2.40. The third-order valence-corrected chi connectivity index (χ3v) is 4.34. The van der Waals surface area contributed by atoms with Gasteiger partial charge in [0.05, 0.1) is 6.26 Å². The first kappa shape index (κ1) is 13.2. The summed E-state index contributed by atoms with van der Waals surface area (Å²) in [6.07, 6.45) is 5.63. The van der Waals surface area contributed by atoms with Crippen molar-refractivity contribution in [1.29, 1.82) is 0 Å². The van der Waals surface area contributed by atoms with Crippen LogP contribution in [0, 0.1) is 5.92 Å². The maximum Gasteiger partial charge on any atom is 0.286 e. The van der Waals surface area contributed by atoms with Gasteiger partial charge >= 0.3 is 0 Å². The van der Waals surface area contributed by atoms with E-state index in [-0.39, 0.29) is 5.91 Å². The van der Waals surface area contributed by atoms with Crippen LogP contribution in [0.1, 0.15) is 23.4 Å². The van der Waals surface area contributed by atoms with Gasteiger partial charge in [0.1, 0.15) is 0 Å². The first-order valence-electron chi connectivity index (χ1n) is 6.79. The van der Waals surface area contributed by atoms with Crippen LogP contribution in [0.3, 0.4) is 0 Å². The fraction of sp³-hybridized carbons (Fsp3) is 0.429. The van der Waals surface area contributed by atoms with E-state index in [4.69, 9.17) is 4.42 Å². The lowest BCUT2D eigenvalue weighted by atomic mass is 9.98. The number of anilines is 1. The number of nitrogens with zero attached hydrogens (tertiary/aromatic N) is 2. The average Bonchev–Trinajstić information content (AvgIpc) is 3.17. The van der Waals surface area contributed by atoms with Crippen molar-refractivity contribution in [2.24, 2.45) is 5.92 Å². The summed E-state index contributed by atoms with van der Waals surface area (Å²) < 4.78 is 5.08. The molecule has 3 heterocycles. The minimum Gasteiger partial charge on any atom is -0.459 e. The van der Waals surface area contributed by atoms with Gasteiger partial charge in [0.15, 0.2) is 10.9 Å². The quantitative estimate of drug-likeness (QED) is 0.939. The standard InChI is InChI=1S/C14H17N3O2S/c18-13(12-4-2-7-19-12)16-9-11-3-1-6-17(10-11)14-15-5-8-20-14/h2,4-5,7-8,11H,1,3,6,9-10H2,(H,16,18). The molecular formula is C14H17N3O2S. The minimum absolute atomic E-state index is 0.138. The molecule has 0 radical (unpaired) electrons. The smallest absolute Gasteiger partial charge is 0.286 e. The summed E-state index contributed by atoms with van der Waals surface area (Å²) in [7, 11) is 0. The SMILES string of the molecule is O=C(NCC1CCCN(c2nccs2)C1)c1ccco1. The van der Waals surface area contributed by atoms with Gasteiger partial charge in [-0.15, -0.1) is 11.3 Å². The van der Waals surface area contributed by atoms with E-state index >= 15 is 0 Å². The molecule has 1 fully saturated rings. The Morgan fingerprint density at radius 3 is 3.30 bits per heavy atom. The summed E-state index contributed by atoms with van der Waals surface area (Å²) in [5, 5.41) is 6.02. The van der Waals surface area contributed by atoms with Crippen LogP contribution in [0.15, 0.2) is 34.4 Å². The van der Waals surface area contributed by atoms with Gasteiger partial charge in [-0.1, -0.05) is 0 Å². The van der Waals surface area contributed by atoms with Crippen molar-refractivity contribution in [2.75, 3.05) is 24.5 Å². The summed E-state index contributed by atoms with van der Waals surface area (Å²) in [5.74, 6) is 0.700. The van der Waals surface area contributed by atoms with Crippen molar-refractivity contribution >= 4 is 22.4 Å². The van der Waals surface area contributed by atoms with Crippen molar-refractivity contribution in [3.63, 3.8) is 0 Å². The van der Waals surface area contributed by atoms with Crippen LogP contribution in [0.2, 0.25) is 0 Å². The molecule has 0 bridgehead atoms. The lowest BCUT2D eigenvalue weighted by molar-refractivity contribution is 0.0918. The van der Waals surface area contributed by atoms with E-state index in [1.54, 1.807) is 23.5 Å². The molecule has 0 aliphatic carbocycles. The Kier molecular flexibility index (Phi) is 4.01. The van der Waals surface area contributed by atoms with E-state index in [9.17, 15) is 4.79 Å². The fourth-order valence-electron chi connectivity index (χ4n) is 2.51. The van der Waals surface area contributed by atoms with Crippen LogP contribution in [0.5, 0.6) is 0 Å². The molecule has 0 saturated carbocycles. The molecule has 106 valence electrons. The maximum atomic E-state index is 11.8. The number of hydrogen-bond donors (Lipinski definition) is 1. The largest absolute Gasteiger partial charge is 0.459 e. The number of aromatic nitrogens is 1. The van der Waals surface area contributed by atoms with Gasteiger partial charge in [-0.25, -0.2) is 4.98 Å². The number of nitrogens with one attached hydrogen (secondary N) is 1. The van der Waals surface area contributed by atoms with Gasteiger partial charge in [0.2, 0.25) is 0 Å². The van der Waals surface area contributed by atoms with Crippen molar-refractivity contribution in [3.05, 3.63) is 35.7 Å². The van der Waals surface area contributed by atoms with E-state index in [2.05, 4.69) is 15.2 Å². The Morgan fingerprint density at radius 1 is 1.60 bits per heavy atom. The monoisotopic (exact) mass is 291 g/mol. The molecule has 1 N–H and O–H groups in total. The molecule has 1 amide bonds. The lowest BCUT2D eigenvalue weighted by Gasteiger charge is -2.32. The molecule has 3 rings (SSSR count). The Balaban J connectivity index is 1.52. The van der Waals surface area contributed by atoms with E-state index in [1.807, 2.05) is 11.6 Å². The fourth-order valence-corrected chi connectivity index (χ4v) is 3.19. The molecule has 0 spiro atoms. The highest BCUT2D eigenvalue weighted by atomic mass is 32.1. The number of rotatable bonds is 4. The molecule has 6 heteroatoms. The summed E-state index contributed by atoms with van der Waals surface area (Å²) in [6, 6.07) is 3.40. The first-order valence-corrected chi connectivity index (χ1v) is 7.67. The van der Waals surface area contributed by atoms with Crippen LogP contribution >= 0.6 is 11.3 Å². The maximum absolute atomic E-state index is 11.8. The number of carbonyl (C=O) groups is 1. The number of thiazole rings is 1. The van der Waals surface area contributed by atoms with Gasteiger partial charge in [0.25, 0.3) is 5.91 Å². The number of hydrogen-bond acceptors (Lipinski definition) is 5. The highest BCUT2D eigenvalue weighted by Crippen LogP contribution is 2.24. The Morgan fingerprint density at radius 2 is 2.55 bits per heavy atom. The summed E-state index contributed by atoms with van der Waals surface area (Å²) in [6.45, 7) is 2.68. The van der Waals surface area contributed by atoms with E-state index in [1.165, 1.54) is 6.26 Å². The summed E-state index contributed by atoms with van der Waals surface area (Å²) >= 11 is 1.67. The summed E-state index contributed by atoms with van der Waals surface area (Å²) in [5.41, 5.74) is 0. The minimum atomic E-state index is -0.138. The molecule has 5 nitrogen and oxygen atoms in total. The number of furan rings is 1. The predicted molar refractivity (Wildman–Crippen MR) is 78.1 cm³/mol. The third-order valence-electron chi connectivity index (χ3n) is 3.51. The Bertz CT molecular complexity index is 539. The highest BCUT2D eigenvalue weighted by molar-refractivity contribution is 7.13. The van der Waals surface area contributed by atoms with Gasteiger partial charge in [-0.3, -0.25) is 4.79 Å². The topological polar surface area (TPSA) is 58.4 Å². The second-order valence-corrected chi connectivity index (χ2v) is 5.83. The summed E-state index contributed by atoms with van der Waals surface area (Å²) in [4.78, 5) is 18.5. The van der Waals surface area contributed by atoms with Crippen molar-refractivity contribution in [2.45, 2.75) is 12.8 Å². The second kappa shape index (κ2) is 6.09. The van der Waals surface area contributed by atoms with E-state index in [0.29, 0.717) is 18.2 Å². The van der Waals surface area contributed by atoms with Crippen LogP contribution in [-0.2, 0) is 0 Å². The molecule has 1 aliphatic heterocycles. The number of amides is 1. The molecule has 1 atom stereocenters. The van der Waals surface area contributed by atoms with E-state index < -0.39 is 0 Å². The Hall–Kier alpha value is -1.82. The van der Waals surface area contributed by atoms with Gasteiger partial charge < -0.3 is 14.6 Å². The van der Waals surface area contributed by atoms with Crippen LogP contribution in [-0.4, -0.2) is 30.5 Å². The molecule has 1 unspecified atom stereocenters. The third kappa shape index (κ3) is 3.01. The van der Waals surface area contributed by atoms with E-state index in [0.717, 1.165) is 31.1 Å². The van der Waals surface area contributed by atoms with Crippen molar-refractivity contribution in [3.8, 4) is 0 Å². The normalized spacial score (nSPS) is 19.0. The number of piperidine rings is 1. The van der Waals surface area contributed by atoms with Crippen molar-refractivity contribution < 1.29 is 9.21 Å². The van der Waals surface area contributed by atoms with Gasteiger partial charge in [-0.2, -0.15) is 0 Å². The Labute approximate surface area is 121 Å². The van der Waals surface area contributed by atoms with Crippen molar-refractivity contribution in [1.82, 2.24) is 10.3 Å². The molecule has 1 aliphatic rings. The zero-order chi connectivity index (χ0) is 13.8. The molecule has 20 heavy (non-hydrogen) atoms. The first-order chi connectivity index (χ1) is 9.83. The van der Waals surface area contributed by atoms with Crippen LogP contribution in [0.4, 0.5) is 5.13 Å². The molecule has 2 aromatic heterocycles.